The number of guanidine groups is 1. The minimum absolute atomic E-state index is 0. The molecule has 1 fully saturated rings. The third-order valence-electron chi connectivity index (χ3n) is 3.67. The molecule has 0 aliphatic carbocycles. The molecule has 1 aliphatic heterocycles. The minimum Gasteiger partial charge on any atom is -0.370 e. The highest BCUT2D eigenvalue weighted by molar-refractivity contribution is 14.0. The van der Waals surface area contributed by atoms with E-state index in [1.165, 1.54) is 32.5 Å². The maximum atomic E-state index is 5.77. The summed E-state index contributed by atoms with van der Waals surface area (Å²) in [6.07, 6.45) is 3.75. The molecule has 0 aromatic carbocycles. The van der Waals surface area contributed by atoms with Gasteiger partial charge in [0.05, 0.1) is 6.54 Å². The summed E-state index contributed by atoms with van der Waals surface area (Å²) < 4.78 is 0. The minimum atomic E-state index is 0. The number of aliphatic imine (C=N–C) groups is 1. The summed E-state index contributed by atoms with van der Waals surface area (Å²) >= 11 is 0. The summed E-state index contributed by atoms with van der Waals surface area (Å²) in [5, 5.41) is 3.16. The lowest BCUT2D eigenvalue weighted by molar-refractivity contribution is 0.139. The number of nitrogens with one attached hydrogen (secondary N) is 1. The highest BCUT2D eigenvalue weighted by Crippen LogP contribution is 2.20. The van der Waals surface area contributed by atoms with Gasteiger partial charge in [0.15, 0.2) is 5.96 Å². The highest BCUT2D eigenvalue weighted by atomic mass is 127. The van der Waals surface area contributed by atoms with Crippen LogP contribution in [0.3, 0.4) is 0 Å². The van der Waals surface area contributed by atoms with E-state index in [0.29, 0.717) is 12.5 Å². The molecule has 0 saturated carbocycles. The fourth-order valence-electron chi connectivity index (χ4n) is 2.93. The SMILES string of the molecule is C=C(C)CN=C(N)NCCCCN1CC(C)CC(C)C1.I. The van der Waals surface area contributed by atoms with E-state index >= 15 is 0 Å². The molecule has 0 amide bonds. The number of nitrogens with zero attached hydrogens (tertiary/aromatic N) is 2. The molecule has 0 aromatic heterocycles. The van der Waals surface area contributed by atoms with Crippen LogP contribution in [0.2, 0.25) is 0 Å². The van der Waals surface area contributed by atoms with Gasteiger partial charge in [-0.05, 0) is 44.6 Å². The summed E-state index contributed by atoms with van der Waals surface area (Å²) in [4.78, 5) is 6.81. The smallest absolute Gasteiger partial charge is 0.188 e. The average molecular weight is 408 g/mol. The molecule has 0 radical (unpaired) electrons. The monoisotopic (exact) mass is 408 g/mol. The molecule has 3 N–H and O–H groups in total. The predicted molar refractivity (Wildman–Crippen MR) is 103 cm³/mol. The molecule has 4 nitrogen and oxygen atoms in total. The molecule has 5 heteroatoms. The standard InChI is InChI=1S/C16H32N4.HI/c1-13(2)10-19-16(17)18-7-5-6-8-20-11-14(3)9-15(4)12-20;/h14-15H,1,5-12H2,2-4H3,(H3,17,18,19);1H. The molecular weight excluding hydrogens is 375 g/mol. The number of unbranched alkanes of at least 4 members (excludes halogenated alkanes) is 1. The number of rotatable bonds is 7. The van der Waals surface area contributed by atoms with Gasteiger partial charge >= 0.3 is 0 Å². The molecule has 1 aliphatic rings. The van der Waals surface area contributed by atoms with Crippen LogP contribution in [-0.2, 0) is 0 Å². The first kappa shape index (κ1) is 20.7. The molecule has 1 heterocycles. The van der Waals surface area contributed by atoms with Gasteiger partial charge in [-0.15, -0.1) is 24.0 Å². The predicted octanol–water partition coefficient (Wildman–Crippen LogP) is 2.84. The first-order chi connectivity index (χ1) is 9.47. The van der Waals surface area contributed by atoms with Crippen molar-refractivity contribution in [3.8, 4) is 0 Å². The van der Waals surface area contributed by atoms with Crippen molar-refractivity contribution in [3.05, 3.63) is 12.2 Å². The number of nitrogens with two attached hydrogens (primary N) is 1. The second-order valence-corrected chi connectivity index (χ2v) is 6.50. The lowest BCUT2D eigenvalue weighted by atomic mass is 9.92. The summed E-state index contributed by atoms with van der Waals surface area (Å²) in [6, 6.07) is 0. The molecule has 21 heavy (non-hydrogen) atoms. The van der Waals surface area contributed by atoms with Gasteiger partial charge in [0, 0.05) is 19.6 Å². The van der Waals surface area contributed by atoms with Gasteiger partial charge in [-0.3, -0.25) is 0 Å². The summed E-state index contributed by atoms with van der Waals surface area (Å²) in [5.41, 5.74) is 6.80. The lowest BCUT2D eigenvalue weighted by Crippen LogP contribution is -2.39. The van der Waals surface area contributed by atoms with Crippen LogP contribution in [0, 0.1) is 11.8 Å². The summed E-state index contributed by atoms with van der Waals surface area (Å²) in [6.45, 7) is 15.7. The van der Waals surface area contributed by atoms with Gasteiger partial charge in [0.1, 0.15) is 0 Å². The second-order valence-electron chi connectivity index (χ2n) is 6.50. The lowest BCUT2D eigenvalue weighted by Gasteiger charge is -2.34. The summed E-state index contributed by atoms with van der Waals surface area (Å²) in [5.74, 6) is 2.23. The molecule has 1 rings (SSSR count). The quantitative estimate of drug-likeness (QED) is 0.224. The first-order valence-electron chi connectivity index (χ1n) is 7.88. The number of hydrogen-bond donors (Lipinski definition) is 2. The van der Waals surface area contributed by atoms with Crippen LogP contribution in [0.4, 0.5) is 0 Å². The zero-order valence-corrected chi connectivity index (χ0v) is 16.2. The van der Waals surface area contributed by atoms with E-state index in [9.17, 15) is 0 Å². The first-order valence-corrected chi connectivity index (χ1v) is 7.88. The van der Waals surface area contributed by atoms with E-state index < -0.39 is 0 Å². The van der Waals surface area contributed by atoms with Crippen molar-refractivity contribution in [1.29, 1.82) is 0 Å². The van der Waals surface area contributed by atoms with Crippen molar-refractivity contribution in [1.82, 2.24) is 10.2 Å². The Labute approximate surface area is 147 Å². The maximum Gasteiger partial charge on any atom is 0.188 e. The molecule has 2 unspecified atom stereocenters. The van der Waals surface area contributed by atoms with Crippen LogP contribution in [0.1, 0.15) is 40.0 Å². The van der Waals surface area contributed by atoms with Gasteiger partial charge < -0.3 is 16.0 Å². The number of piperidine rings is 1. The Hall–Kier alpha value is -0.300. The van der Waals surface area contributed by atoms with Crippen LogP contribution < -0.4 is 11.1 Å². The topological polar surface area (TPSA) is 53.6 Å². The average Bonchev–Trinajstić information content (AvgIpc) is 2.34. The van der Waals surface area contributed by atoms with Crippen LogP contribution in [0.25, 0.3) is 0 Å². The third kappa shape index (κ3) is 10.1. The Kier molecular flexibility index (Phi) is 11.1. The highest BCUT2D eigenvalue weighted by Gasteiger charge is 2.20. The number of likely N-dealkylation sites (tertiary alicyclic amines) is 1. The molecule has 1 saturated heterocycles. The van der Waals surface area contributed by atoms with Gasteiger partial charge in [-0.25, -0.2) is 4.99 Å². The maximum absolute atomic E-state index is 5.77. The van der Waals surface area contributed by atoms with E-state index in [0.717, 1.165) is 30.4 Å². The van der Waals surface area contributed by atoms with Crippen molar-refractivity contribution in [2.75, 3.05) is 32.7 Å². The van der Waals surface area contributed by atoms with E-state index in [1.807, 2.05) is 6.92 Å². The van der Waals surface area contributed by atoms with Crippen molar-refractivity contribution in [2.24, 2.45) is 22.6 Å². The van der Waals surface area contributed by atoms with Gasteiger partial charge in [0.2, 0.25) is 0 Å². The molecule has 0 aromatic rings. The van der Waals surface area contributed by atoms with Crippen LogP contribution in [0.5, 0.6) is 0 Å². The molecule has 124 valence electrons. The largest absolute Gasteiger partial charge is 0.370 e. The number of hydrogen-bond acceptors (Lipinski definition) is 2. The zero-order chi connectivity index (χ0) is 15.0. The van der Waals surface area contributed by atoms with Gasteiger partial charge in [-0.1, -0.05) is 26.0 Å². The van der Waals surface area contributed by atoms with Gasteiger partial charge in [0.25, 0.3) is 0 Å². The van der Waals surface area contributed by atoms with E-state index in [1.54, 1.807) is 0 Å². The Morgan fingerprint density at radius 1 is 1.29 bits per heavy atom. The van der Waals surface area contributed by atoms with Crippen molar-refractivity contribution >= 4 is 29.9 Å². The van der Waals surface area contributed by atoms with Crippen molar-refractivity contribution in [3.63, 3.8) is 0 Å². The van der Waals surface area contributed by atoms with Crippen LogP contribution in [-0.4, -0.2) is 43.6 Å². The van der Waals surface area contributed by atoms with Crippen LogP contribution in [0.15, 0.2) is 17.1 Å². The number of halogens is 1. The fourth-order valence-corrected chi connectivity index (χ4v) is 2.93. The van der Waals surface area contributed by atoms with Gasteiger partial charge in [-0.2, -0.15) is 0 Å². The molecule has 0 bridgehead atoms. The fraction of sp³-hybridized carbons (Fsp3) is 0.812. The third-order valence-corrected chi connectivity index (χ3v) is 3.67. The summed E-state index contributed by atoms with van der Waals surface area (Å²) in [7, 11) is 0. The normalized spacial score (nSPS) is 23.5. The zero-order valence-electron chi connectivity index (χ0n) is 13.9. The van der Waals surface area contributed by atoms with E-state index in [4.69, 9.17) is 5.73 Å². The Balaban J connectivity index is 0.00000400. The Morgan fingerprint density at radius 2 is 1.90 bits per heavy atom. The van der Waals surface area contributed by atoms with Crippen molar-refractivity contribution in [2.45, 2.75) is 40.0 Å². The Bertz CT molecular complexity index is 320. The molecule has 2 atom stereocenters. The molecule has 0 spiro atoms. The molecular formula is C16H33IN4. The van der Waals surface area contributed by atoms with E-state index in [-0.39, 0.29) is 24.0 Å². The van der Waals surface area contributed by atoms with Crippen LogP contribution >= 0.6 is 24.0 Å². The second kappa shape index (κ2) is 11.3. The van der Waals surface area contributed by atoms with E-state index in [2.05, 4.69) is 35.6 Å². The van der Waals surface area contributed by atoms with Crippen molar-refractivity contribution < 1.29 is 0 Å². The Morgan fingerprint density at radius 3 is 2.48 bits per heavy atom.